The maximum absolute atomic E-state index is 4.09. The molecule has 0 bridgehead atoms. The average Bonchev–Trinajstić information content (AvgIpc) is 2.63. The van der Waals surface area contributed by atoms with E-state index in [1.807, 2.05) is 16.7 Å². The fourth-order valence-electron chi connectivity index (χ4n) is 1.29. The van der Waals surface area contributed by atoms with Crippen LogP contribution in [0.15, 0.2) is 18.5 Å². The van der Waals surface area contributed by atoms with E-state index in [9.17, 15) is 0 Å². The second kappa shape index (κ2) is 4.15. The molecule has 0 saturated carbocycles. The number of hydrogen-bond acceptors (Lipinski definition) is 4. The molecule has 0 aromatic carbocycles. The van der Waals surface area contributed by atoms with Crippen LogP contribution in [0.1, 0.15) is 19.2 Å². The van der Waals surface area contributed by atoms with E-state index in [4.69, 9.17) is 0 Å². The second-order valence-electron chi connectivity index (χ2n) is 3.08. The molecule has 0 spiro atoms. The van der Waals surface area contributed by atoms with Crippen molar-refractivity contribution in [3.05, 3.63) is 24.3 Å². The topological polar surface area (TPSA) is 55.1 Å². The minimum Gasteiger partial charge on any atom is -0.310 e. The normalized spacial score (nSPS) is 10.9. The molecule has 0 atom stereocenters. The SMILES string of the molecule is CCCNCc1nnc2ncccn12. The van der Waals surface area contributed by atoms with E-state index in [2.05, 4.69) is 27.4 Å². The zero-order valence-electron chi connectivity index (χ0n) is 8.14. The zero-order chi connectivity index (χ0) is 9.80. The van der Waals surface area contributed by atoms with E-state index in [1.54, 1.807) is 6.20 Å². The molecule has 14 heavy (non-hydrogen) atoms. The molecule has 0 saturated heterocycles. The van der Waals surface area contributed by atoms with E-state index in [0.29, 0.717) is 5.78 Å². The highest BCUT2D eigenvalue weighted by atomic mass is 15.3. The van der Waals surface area contributed by atoms with Crippen LogP contribution in [0.5, 0.6) is 0 Å². The molecule has 0 unspecified atom stereocenters. The maximum Gasteiger partial charge on any atom is 0.254 e. The van der Waals surface area contributed by atoms with Gasteiger partial charge in [-0.2, -0.15) is 0 Å². The highest BCUT2D eigenvalue weighted by molar-refractivity contribution is 5.25. The Morgan fingerprint density at radius 1 is 1.43 bits per heavy atom. The first kappa shape index (κ1) is 9.08. The molecule has 0 radical (unpaired) electrons. The van der Waals surface area contributed by atoms with Gasteiger partial charge in [0.15, 0.2) is 5.82 Å². The monoisotopic (exact) mass is 191 g/mol. The Morgan fingerprint density at radius 3 is 3.21 bits per heavy atom. The number of fused-ring (bicyclic) bond motifs is 1. The Labute approximate surface area is 82.2 Å². The van der Waals surface area contributed by atoms with Gasteiger partial charge in [-0.05, 0) is 19.0 Å². The number of nitrogens with zero attached hydrogens (tertiary/aromatic N) is 4. The molecule has 5 heteroatoms. The summed E-state index contributed by atoms with van der Waals surface area (Å²) in [5, 5.41) is 11.3. The van der Waals surface area contributed by atoms with Crippen molar-refractivity contribution in [1.82, 2.24) is 24.9 Å². The molecule has 5 nitrogen and oxygen atoms in total. The van der Waals surface area contributed by atoms with Gasteiger partial charge in [0.05, 0.1) is 6.54 Å². The van der Waals surface area contributed by atoms with Crippen LogP contribution in [0, 0.1) is 0 Å². The molecular formula is C9H13N5. The van der Waals surface area contributed by atoms with Crippen molar-refractivity contribution in [3.8, 4) is 0 Å². The number of aromatic nitrogens is 4. The van der Waals surface area contributed by atoms with E-state index in [1.165, 1.54) is 0 Å². The highest BCUT2D eigenvalue weighted by Gasteiger charge is 2.03. The quantitative estimate of drug-likeness (QED) is 0.720. The molecular weight excluding hydrogens is 178 g/mol. The first-order valence-electron chi connectivity index (χ1n) is 4.77. The van der Waals surface area contributed by atoms with Gasteiger partial charge in [-0.15, -0.1) is 10.2 Å². The lowest BCUT2D eigenvalue weighted by molar-refractivity contribution is 0.645. The summed E-state index contributed by atoms with van der Waals surface area (Å²) < 4.78 is 1.89. The van der Waals surface area contributed by atoms with Crippen LogP contribution in [0.2, 0.25) is 0 Å². The summed E-state index contributed by atoms with van der Waals surface area (Å²) in [4.78, 5) is 4.09. The molecule has 2 heterocycles. The Bertz CT molecular complexity index is 408. The van der Waals surface area contributed by atoms with Crippen LogP contribution in [0.3, 0.4) is 0 Å². The summed E-state index contributed by atoms with van der Waals surface area (Å²) >= 11 is 0. The number of rotatable bonds is 4. The van der Waals surface area contributed by atoms with Crippen molar-refractivity contribution < 1.29 is 0 Å². The second-order valence-corrected chi connectivity index (χ2v) is 3.08. The van der Waals surface area contributed by atoms with Gasteiger partial charge in [-0.1, -0.05) is 6.92 Å². The average molecular weight is 191 g/mol. The van der Waals surface area contributed by atoms with Crippen molar-refractivity contribution in [2.45, 2.75) is 19.9 Å². The molecule has 2 aromatic heterocycles. The molecule has 2 aromatic rings. The van der Waals surface area contributed by atoms with Crippen LogP contribution in [-0.2, 0) is 6.54 Å². The number of nitrogens with one attached hydrogen (secondary N) is 1. The van der Waals surface area contributed by atoms with Crippen LogP contribution in [0.25, 0.3) is 5.78 Å². The molecule has 0 aliphatic rings. The Morgan fingerprint density at radius 2 is 2.36 bits per heavy atom. The van der Waals surface area contributed by atoms with Gasteiger partial charge in [0.25, 0.3) is 5.78 Å². The van der Waals surface area contributed by atoms with Crippen molar-refractivity contribution in [3.63, 3.8) is 0 Å². The molecule has 0 amide bonds. The molecule has 0 aliphatic carbocycles. The fourth-order valence-corrected chi connectivity index (χ4v) is 1.29. The Hall–Kier alpha value is -1.49. The summed E-state index contributed by atoms with van der Waals surface area (Å²) in [6.45, 7) is 3.87. The largest absolute Gasteiger partial charge is 0.310 e. The maximum atomic E-state index is 4.09. The predicted octanol–water partition coefficient (Wildman–Crippen LogP) is 0.624. The molecule has 2 rings (SSSR count). The third-order valence-corrected chi connectivity index (χ3v) is 1.97. The summed E-state index contributed by atoms with van der Waals surface area (Å²) in [6.07, 6.45) is 4.76. The van der Waals surface area contributed by atoms with Gasteiger partial charge in [0.2, 0.25) is 0 Å². The molecule has 0 fully saturated rings. The van der Waals surface area contributed by atoms with Gasteiger partial charge < -0.3 is 5.32 Å². The summed E-state index contributed by atoms with van der Waals surface area (Å²) in [5.74, 6) is 1.56. The van der Waals surface area contributed by atoms with Gasteiger partial charge in [0, 0.05) is 12.4 Å². The molecule has 0 aliphatic heterocycles. The lowest BCUT2D eigenvalue weighted by Gasteiger charge is -2.00. The smallest absolute Gasteiger partial charge is 0.254 e. The molecule has 1 N–H and O–H groups in total. The summed E-state index contributed by atoms with van der Waals surface area (Å²) in [7, 11) is 0. The van der Waals surface area contributed by atoms with E-state index >= 15 is 0 Å². The molecule has 74 valence electrons. The lowest BCUT2D eigenvalue weighted by atomic mass is 10.4. The first-order chi connectivity index (χ1) is 6.92. The van der Waals surface area contributed by atoms with E-state index in [0.717, 1.165) is 25.3 Å². The van der Waals surface area contributed by atoms with Crippen LogP contribution < -0.4 is 5.32 Å². The van der Waals surface area contributed by atoms with Crippen LogP contribution in [-0.4, -0.2) is 26.1 Å². The minimum absolute atomic E-state index is 0.654. The van der Waals surface area contributed by atoms with E-state index < -0.39 is 0 Å². The van der Waals surface area contributed by atoms with E-state index in [-0.39, 0.29) is 0 Å². The third kappa shape index (κ3) is 1.72. The summed E-state index contributed by atoms with van der Waals surface area (Å²) in [6, 6.07) is 1.87. The third-order valence-electron chi connectivity index (χ3n) is 1.97. The zero-order valence-corrected chi connectivity index (χ0v) is 8.14. The standard InChI is InChI=1S/C9H13N5/c1-2-4-10-7-8-12-13-9-11-5-3-6-14(8)9/h3,5-6,10H,2,4,7H2,1H3. The predicted molar refractivity (Wildman–Crippen MR) is 52.8 cm³/mol. The number of hydrogen-bond donors (Lipinski definition) is 1. The fraction of sp³-hybridized carbons (Fsp3) is 0.444. The van der Waals surface area contributed by atoms with Gasteiger partial charge in [0.1, 0.15) is 0 Å². The highest BCUT2D eigenvalue weighted by Crippen LogP contribution is 1.98. The van der Waals surface area contributed by atoms with Crippen molar-refractivity contribution in [2.75, 3.05) is 6.54 Å². The van der Waals surface area contributed by atoms with Gasteiger partial charge in [-0.25, -0.2) is 4.98 Å². The Kier molecular flexibility index (Phi) is 2.69. The van der Waals surface area contributed by atoms with Gasteiger partial charge >= 0.3 is 0 Å². The Balaban J connectivity index is 2.17. The van der Waals surface area contributed by atoms with Crippen molar-refractivity contribution in [1.29, 1.82) is 0 Å². The van der Waals surface area contributed by atoms with Crippen molar-refractivity contribution in [2.24, 2.45) is 0 Å². The summed E-state index contributed by atoms with van der Waals surface area (Å²) in [5.41, 5.74) is 0. The van der Waals surface area contributed by atoms with Crippen molar-refractivity contribution >= 4 is 5.78 Å². The van der Waals surface area contributed by atoms with Gasteiger partial charge in [-0.3, -0.25) is 4.40 Å². The van der Waals surface area contributed by atoms with Crippen LogP contribution >= 0.6 is 0 Å². The van der Waals surface area contributed by atoms with Crippen LogP contribution in [0.4, 0.5) is 0 Å². The first-order valence-corrected chi connectivity index (χ1v) is 4.77. The lowest BCUT2D eigenvalue weighted by Crippen LogP contribution is -2.15. The minimum atomic E-state index is 0.654.